The lowest BCUT2D eigenvalue weighted by Gasteiger charge is -2.16. The molecule has 0 aliphatic carbocycles. The van der Waals surface area contributed by atoms with E-state index in [0.29, 0.717) is 0 Å². The molecule has 0 aromatic heterocycles. The average molecular weight is 283 g/mol. The molecular weight excluding hydrogens is 269 g/mol. The minimum Gasteiger partial charge on any atom is -0.481 e. The van der Waals surface area contributed by atoms with Gasteiger partial charge in [0.1, 0.15) is 0 Å². The molecule has 0 bridgehead atoms. The summed E-state index contributed by atoms with van der Waals surface area (Å²) in [6.45, 7) is 0. The van der Waals surface area contributed by atoms with Crippen molar-refractivity contribution in [3.63, 3.8) is 0 Å². The molecule has 0 radical (unpaired) electrons. The number of amides is 1. The van der Waals surface area contributed by atoms with Crippen LogP contribution >= 0.6 is 7.37 Å². The molecule has 0 saturated heterocycles. The van der Waals surface area contributed by atoms with Crippen LogP contribution in [0.25, 0.3) is 0 Å². The molecular formula is C8H14NO8P. The topological polar surface area (TPSA) is 161 Å². The third-order valence-corrected chi connectivity index (χ3v) is 3.70. The molecule has 9 nitrogen and oxygen atoms in total. The van der Waals surface area contributed by atoms with Gasteiger partial charge in [-0.2, -0.15) is 0 Å². The maximum absolute atomic E-state index is 11.5. The summed E-state index contributed by atoms with van der Waals surface area (Å²) >= 11 is 0. The van der Waals surface area contributed by atoms with Crippen LogP contribution in [0.3, 0.4) is 0 Å². The predicted molar refractivity (Wildman–Crippen MR) is 58.7 cm³/mol. The molecule has 0 aromatic carbocycles. The Kier molecular flexibility index (Phi) is 6.35. The van der Waals surface area contributed by atoms with E-state index in [1.165, 1.54) is 0 Å². The van der Waals surface area contributed by atoms with Crippen LogP contribution in [0.15, 0.2) is 0 Å². The number of carboxylic acids is 2. The van der Waals surface area contributed by atoms with E-state index in [-0.39, 0.29) is 6.42 Å². The maximum atomic E-state index is 11.5. The molecule has 0 spiro atoms. The number of hydrogen-bond acceptors (Lipinski definition) is 4. The molecule has 0 aliphatic rings. The van der Waals surface area contributed by atoms with E-state index >= 15 is 0 Å². The molecule has 0 fully saturated rings. The number of rotatable bonds is 8. The van der Waals surface area contributed by atoms with Gasteiger partial charge in [0, 0.05) is 12.6 Å². The Hall–Kier alpha value is -1.60. The Morgan fingerprint density at radius 2 is 1.72 bits per heavy atom. The lowest BCUT2D eigenvalue weighted by molar-refractivity contribution is -0.142. The van der Waals surface area contributed by atoms with Crippen LogP contribution in [0.2, 0.25) is 0 Å². The lowest BCUT2D eigenvalue weighted by atomic mass is 10.1. The van der Waals surface area contributed by atoms with Gasteiger partial charge in [0.2, 0.25) is 7.37 Å². The van der Waals surface area contributed by atoms with Crippen molar-refractivity contribution in [3.8, 4) is 0 Å². The number of carboxylic acid groups (broad SMARTS) is 3. The Morgan fingerprint density at radius 1 is 1.17 bits per heavy atom. The van der Waals surface area contributed by atoms with Gasteiger partial charge in [-0.1, -0.05) is 0 Å². The molecule has 0 aliphatic heterocycles. The Labute approximate surface area is 102 Å². The molecule has 2 unspecified atom stereocenters. The highest BCUT2D eigenvalue weighted by Gasteiger charge is 2.29. The summed E-state index contributed by atoms with van der Waals surface area (Å²) in [5.41, 5.74) is 0. The van der Waals surface area contributed by atoms with Crippen LogP contribution in [-0.2, 0) is 14.2 Å². The number of nitrogens with one attached hydrogen (secondary N) is 1. The first kappa shape index (κ1) is 16.4. The quantitative estimate of drug-likeness (QED) is 0.390. The van der Waals surface area contributed by atoms with Crippen molar-refractivity contribution in [3.05, 3.63) is 0 Å². The van der Waals surface area contributed by atoms with Crippen LogP contribution in [0.4, 0.5) is 4.79 Å². The highest BCUT2D eigenvalue weighted by atomic mass is 31.2. The van der Waals surface area contributed by atoms with E-state index in [1.807, 2.05) is 0 Å². The summed E-state index contributed by atoms with van der Waals surface area (Å²) in [6.07, 6.45) is -3.66. The molecule has 0 heterocycles. The Bertz CT molecular complexity index is 381. The van der Waals surface area contributed by atoms with Crippen LogP contribution in [0.1, 0.15) is 12.8 Å². The summed E-state index contributed by atoms with van der Waals surface area (Å²) in [7, 11) is -3.98. The van der Waals surface area contributed by atoms with E-state index in [0.717, 1.165) is 0 Å². The number of hydrogen-bond donors (Lipinski definition) is 5. The van der Waals surface area contributed by atoms with E-state index < -0.39 is 50.2 Å². The predicted octanol–water partition coefficient (Wildman–Crippen LogP) is 0.0475. The monoisotopic (exact) mass is 283 g/mol. The van der Waals surface area contributed by atoms with Crippen molar-refractivity contribution < 1.29 is 39.2 Å². The third kappa shape index (κ3) is 7.64. The zero-order chi connectivity index (χ0) is 14.3. The maximum Gasteiger partial charge on any atom is 0.405 e. The van der Waals surface area contributed by atoms with Gasteiger partial charge in [0.25, 0.3) is 0 Å². The molecule has 0 saturated carbocycles. The first-order valence-electron chi connectivity index (χ1n) is 4.86. The minimum atomic E-state index is -3.98. The fourth-order valence-electron chi connectivity index (χ4n) is 1.19. The summed E-state index contributed by atoms with van der Waals surface area (Å²) in [6, 6.07) is 0. The molecule has 0 aromatic rings. The molecule has 18 heavy (non-hydrogen) atoms. The van der Waals surface area contributed by atoms with Crippen molar-refractivity contribution in [2.24, 2.45) is 5.92 Å². The Balaban J connectivity index is 4.46. The van der Waals surface area contributed by atoms with Crippen LogP contribution in [-0.4, -0.2) is 50.7 Å². The highest BCUT2D eigenvalue weighted by molar-refractivity contribution is 7.58. The largest absolute Gasteiger partial charge is 0.481 e. The summed E-state index contributed by atoms with van der Waals surface area (Å²) < 4.78 is 11.5. The van der Waals surface area contributed by atoms with Gasteiger partial charge in [-0.15, -0.1) is 0 Å². The van der Waals surface area contributed by atoms with E-state index in [4.69, 9.17) is 15.3 Å². The normalized spacial score (nSPS) is 15.4. The second-order valence-corrected chi connectivity index (χ2v) is 6.01. The zero-order valence-corrected chi connectivity index (χ0v) is 10.2. The van der Waals surface area contributed by atoms with Crippen molar-refractivity contribution in [1.82, 2.24) is 5.32 Å². The van der Waals surface area contributed by atoms with Crippen LogP contribution in [0.5, 0.6) is 0 Å². The molecule has 10 heteroatoms. The van der Waals surface area contributed by atoms with E-state index in [9.17, 15) is 23.8 Å². The van der Waals surface area contributed by atoms with E-state index in [2.05, 4.69) is 0 Å². The first-order chi connectivity index (χ1) is 8.14. The van der Waals surface area contributed by atoms with Gasteiger partial charge in [-0.25, -0.2) is 4.79 Å². The van der Waals surface area contributed by atoms with Gasteiger partial charge in [0.05, 0.1) is 12.2 Å². The van der Waals surface area contributed by atoms with Crippen molar-refractivity contribution >= 4 is 25.4 Å². The van der Waals surface area contributed by atoms with Gasteiger partial charge < -0.3 is 25.5 Å². The summed E-state index contributed by atoms with van der Waals surface area (Å²) in [5, 5.41) is 27.1. The van der Waals surface area contributed by atoms with Gasteiger partial charge in [-0.3, -0.25) is 14.2 Å². The molecule has 2 atom stereocenters. The second kappa shape index (κ2) is 6.97. The smallest absolute Gasteiger partial charge is 0.405 e. The van der Waals surface area contributed by atoms with Crippen LogP contribution < -0.4 is 5.32 Å². The molecule has 1 amide bonds. The van der Waals surface area contributed by atoms with E-state index in [1.54, 1.807) is 5.32 Å². The van der Waals surface area contributed by atoms with Crippen molar-refractivity contribution in [2.75, 3.05) is 12.4 Å². The highest BCUT2D eigenvalue weighted by Crippen LogP contribution is 2.42. The Morgan fingerprint density at radius 3 is 2.11 bits per heavy atom. The van der Waals surface area contributed by atoms with Gasteiger partial charge in [-0.05, 0) is 6.42 Å². The van der Waals surface area contributed by atoms with Crippen molar-refractivity contribution in [1.29, 1.82) is 0 Å². The molecule has 104 valence electrons. The third-order valence-electron chi connectivity index (χ3n) is 2.04. The second-order valence-electron chi connectivity index (χ2n) is 3.64. The molecule has 5 N–H and O–H groups in total. The number of aliphatic carboxylic acids is 2. The van der Waals surface area contributed by atoms with Gasteiger partial charge in [0.15, 0.2) is 0 Å². The van der Waals surface area contributed by atoms with Crippen molar-refractivity contribution in [2.45, 2.75) is 12.8 Å². The number of carbonyl (C=O) groups is 3. The summed E-state index contributed by atoms with van der Waals surface area (Å²) in [5.74, 6) is -3.90. The first-order valence-corrected chi connectivity index (χ1v) is 6.89. The lowest BCUT2D eigenvalue weighted by Crippen LogP contribution is -2.26. The average Bonchev–Trinajstić information content (AvgIpc) is 2.21. The SMILES string of the molecule is O=C(O)CCC(CP(=O)(O)CNC(=O)O)C(=O)O. The van der Waals surface area contributed by atoms with Crippen LogP contribution in [0, 0.1) is 5.92 Å². The minimum absolute atomic E-state index is 0.289. The zero-order valence-electron chi connectivity index (χ0n) is 9.27. The fraction of sp³-hybridized carbons (Fsp3) is 0.625. The fourth-order valence-corrected chi connectivity index (χ4v) is 2.73. The standard InChI is InChI=1S/C8H14NO8P/c10-6(11)2-1-5(7(12)13)3-18(16,17)4-9-8(14)15/h5,9H,1-4H2,(H,10,11)(H,12,13)(H,14,15)(H,16,17). The summed E-state index contributed by atoms with van der Waals surface area (Å²) in [4.78, 5) is 40.6. The molecule has 0 rings (SSSR count). The van der Waals surface area contributed by atoms with Gasteiger partial charge >= 0.3 is 18.0 Å².